The van der Waals surface area contributed by atoms with E-state index in [9.17, 15) is 9.90 Å². The second kappa shape index (κ2) is 3.83. The van der Waals surface area contributed by atoms with Gasteiger partial charge in [0.05, 0.1) is 10.0 Å². The Kier molecular flexibility index (Phi) is 2.67. The van der Waals surface area contributed by atoms with Gasteiger partial charge in [-0.25, -0.2) is 4.79 Å². The molecule has 0 bridgehead atoms. The van der Waals surface area contributed by atoms with Crippen molar-refractivity contribution in [3.63, 3.8) is 0 Å². The van der Waals surface area contributed by atoms with Gasteiger partial charge in [0.25, 0.3) is 0 Å². The second-order valence-electron chi connectivity index (χ2n) is 3.50. The van der Waals surface area contributed by atoms with Crippen LogP contribution in [0, 0.1) is 0 Å². The summed E-state index contributed by atoms with van der Waals surface area (Å²) in [5, 5.41) is 21.8. The van der Waals surface area contributed by atoms with Crippen LogP contribution in [0.3, 0.4) is 0 Å². The first kappa shape index (κ1) is 10.4. The molecule has 1 fully saturated rings. The van der Waals surface area contributed by atoms with Gasteiger partial charge in [-0.15, -0.1) is 0 Å². The quantitative estimate of drug-likeness (QED) is 0.769. The van der Waals surface area contributed by atoms with Crippen LogP contribution in [0.4, 0.5) is 0 Å². The first-order valence-electron chi connectivity index (χ1n) is 4.58. The van der Waals surface area contributed by atoms with Gasteiger partial charge >= 0.3 is 5.97 Å². The minimum absolute atomic E-state index is 0.0700. The second-order valence-corrected chi connectivity index (χ2v) is 4.35. The average Bonchev–Trinajstić information content (AvgIpc) is 2.09. The number of halogens is 1. The molecule has 15 heavy (non-hydrogen) atoms. The van der Waals surface area contributed by atoms with Crippen LogP contribution in [0.5, 0.6) is 5.75 Å². The van der Waals surface area contributed by atoms with Gasteiger partial charge in [0.15, 0.2) is 0 Å². The molecule has 1 atom stereocenters. The molecule has 0 amide bonds. The molecular formula is C10H10BrNO3. The maximum absolute atomic E-state index is 10.8. The maximum Gasteiger partial charge on any atom is 0.335 e. The molecule has 0 spiro atoms. The van der Waals surface area contributed by atoms with Crippen LogP contribution in [-0.4, -0.2) is 22.7 Å². The number of hydrogen-bond donors (Lipinski definition) is 3. The van der Waals surface area contributed by atoms with E-state index in [1.54, 1.807) is 0 Å². The van der Waals surface area contributed by atoms with Crippen molar-refractivity contribution in [2.24, 2.45) is 0 Å². The van der Waals surface area contributed by atoms with Crippen LogP contribution in [0.25, 0.3) is 0 Å². The van der Waals surface area contributed by atoms with Crippen molar-refractivity contribution in [3.8, 4) is 5.75 Å². The van der Waals surface area contributed by atoms with Crippen molar-refractivity contribution in [1.82, 2.24) is 5.32 Å². The van der Waals surface area contributed by atoms with Gasteiger partial charge in [-0.2, -0.15) is 0 Å². The van der Waals surface area contributed by atoms with Gasteiger partial charge < -0.3 is 15.5 Å². The van der Waals surface area contributed by atoms with Crippen molar-refractivity contribution in [2.75, 3.05) is 6.54 Å². The van der Waals surface area contributed by atoms with Crippen LogP contribution >= 0.6 is 15.9 Å². The molecule has 1 aromatic rings. The summed E-state index contributed by atoms with van der Waals surface area (Å²) >= 11 is 3.15. The summed E-state index contributed by atoms with van der Waals surface area (Å²) in [6.45, 7) is 0.902. The van der Waals surface area contributed by atoms with E-state index < -0.39 is 5.97 Å². The summed E-state index contributed by atoms with van der Waals surface area (Å²) in [6.07, 6.45) is 0.920. The summed E-state index contributed by atoms with van der Waals surface area (Å²) < 4.78 is 0.422. The number of nitrogens with one attached hydrogen (secondary N) is 1. The van der Waals surface area contributed by atoms with E-state index in [2.05, 4.69) is 21.2 Å². The Balaban J connectivity index is 2.46. The fourth-order valence-corrected chi connectivity index (χ4v) is 2.04. The highest BCUT2D eigenvalue weighted by atomic mass is 79.9. The molecular weight excluding hydrogens is 262 g/mol. The number of phenols is 1. The molecule has 0 saturated carbocycles. The number of benzene rings is 1. The van der Waals surface area contributed by atoms with Crippen molar-refractivity contribution < 1.29 is 15.0 Å². The highest BCUT2D eigenvalue weighted by molar-refractivity contribution is 9.10. The zero-order chi connectivity index (χ0) is 11.0. The van der Waals surface area contributed by atoms with Crippen LogP contribution < -0.4 is 5.32 Å². The van der Waals surface area contributed by atoms with Crippen molar-refractivity contribution in [1.29, 1.82) is 0 Å². The Hall–Kier alpha value is -1.07. The third kappa shape index (κ3) is 1.85. The fourth-order valence-electron chi connectivity index (χ4n) is 1.56. The lowest BCUT2D eigenvalue weighted by Gasteiger charge is -2.29. The molecule has 1 aliphatic heterocycles. The Labute approximate surface area is 95.1 Å². The minimum Gasteiger partial charge on any atom is -0.506 e. The standard InChI is InChI=1S/C10H10BrNO3/c11-7-4-5(10(14)15)3-6(9(7)13)8-1-2-12-8/h3-4,8,12-13H,1-2H2,(H,14,15)/t8-/m0/s1. The number of aromatic hydroxyl groups is 1. The van der Waals surface area contributed by atoms with E-state index in [0.717, 1.165) is 13.0 Å². The first-order chi connectivity index (χ1) is 7.09. The molecule has 5 heteroatoms. The number of hydrogen-bond acceptors (Lipinski definition) is 3. The van der Waals surface area contributed by atoms with Gasteiger partial charge in [0.2, 0.25) is 0 Å². The molecule has 0 aromatic heterocycles. The van der Waals surface area contributed by atoms with Crippen LogP contribution in [0.15, 0.2) is 16.6 Å². The molecule has 80 valence electrons. The lowest BCUT2D eigenvalue weighted by atomic mass is 9.95. The maximum atomic E-state index is 10.8. The largest absolute Gasteiger partial charge is 0.506 e. The van der Waals surface area contributed by atoms with Gasteiger partial charge in [0.1, 0.15) is 5.75 Å². The number of phenolic OH excluding ortho intramolecular Hbond substituents is 1. The van der Waals surface area contributed by atoms with E-state index in [-0.39, 0.29) is 17.4 Å². The van der Waals surface area contributed by atoms with Crippen LogP contribution in [0.1, 0.15) is 28.4 Å². The van der Waals surface area contributed by atoms with E-state index in [0.29, 0.717) is 10.0 Å². The Morgan fingerprint density at radius 2 is 2.20 bits per heavy atom. The summed E-state index contributed by atoms with van der Waals surface area (Å²) in [5.41, 5.74) is 0.830. The van der Waals surface area contributed by atoms with Gasteiger partial charge in [-0.3, -0.25) is 0 Å². The molecule has 4 nitrogen and oxygen atoms in total. The molecule has 1 aliphatic rings. The molecule has 1 saturated heterocycles. The van der Waals surface area contributed by atoms with Crippen LogP contribution in [0.2, 0.25) is 0 Å². The van der Waals surface area contributed by atoms with E-state index in [4.69, 9.17) is 5.11 Å². The van der Waals surface area contributed by atoms with Crippen molar-refractivity contribution in [2.45, 2.75) is 12.5 Å². The highest BCUT2D eigenvalue weighted by Crippen LogP contribution is 2.36. The molecule has 1 aromatic carbocycles. The number of rotatable bonds is 2. The Morgan fingerprint density at radius 1 is 1.53 bits per heavy atom. The summed E-state index contributed by atoms with van der Waals surface area (Å²) in [7, 11) is 0. The lowest BCUT2D eigenvalue weighted by molar-refractivity contribution is 0.0696. The number of carboxylic acids is 1. The molecule has 0 unspecified atom stereocenters. The summed E-state index contributed by atoms with van der Waals surface area (Å²) in [5.74, 6) is -0.867. The third-order valence-electron chi connectivity index (χ3n) is 2.54. The normalized spacial score (nSPS) is 19.7. The van der Waals surface area contributed by atoms with E-state index >= 15 is 0 Å². The smallest absolute Gasteiger partial charge is 0.335 e. The number of aromatic carboxylic acids is 1. The topological polar surface area (TPSA) is 69.6 Å². The first-order valence-corrected chi connectivity index (χ1v) is 5.38. The van der Waals surface area contributed by atoms with Crippen molar-refractivity contribution >= 4 is 21.9 Å². The van der Waals surface area contributed by atoms with Gasteiger partial charge in [-0.1, -0.05) is 0 Å². The number of carbonyl (C=O) groups is 1. The zero-order valence-electron chi connectivity index (χ0n) is 7.83. The monoisotopic (exact) mass is 271 g/mol. The van der Waals surface area contributed by atoms with E-state index in [1.165, 1.54) is 12.1 Å². The molecule has 1 heterocycles. The molecule has 2 rings (SSSR count). The van der Waals surface area contributed by atoms with Gasteiger partial charge in [0, 0.05) is 11.6 Å². The molecule has 0 aliphatic carbocycles. The zero-order valence-corrected chi connectivity index (χ0v) is 9.41. The van der Waals surface area contributed by atoms with E-state index in [1.807, 2.05) is 0 Å². The van der Waals surface area contributed by atoms with Crippen molar-refractivity contribution in [3.05, 3.63) is 27.7 Å². The minimum atomic E-state index is -0.990. The SMILES string of the molecule is O=C(O)c1cc(Br)c(O)c([C@@H]2CCN2)c1. The highest BCUT2D eigenvalue weighted by Gasteiger charge is 2.24. The van der Waals surface area contributed by atoms with Crippen LogP contribution in [-0.2, 0) is 0 Å². The fraction of sp³-hybridized carbons (Fsp3) is 0.300. The van der Waals surface area contributed by atoms with Gasteiger partial charge in [-0.05, 0) is 41.0 Å². The summed E-state index contributed by atoms with van der Waals surface area (Å²) in [6, 6.07) is 2.99. The third-order valence-corrected chi connectivity index (χ3v) is 3.14. The lowest BCUT2D eigenvalue weighted by Crippen LogP contribution is -2.35. The average molecular weight is 272 g/mol. The Morgan fingerprint density at radius 3 is 2.67 bits per heavy atom. The predicted molar refractivity (Wildman–Crippen MR) is 58.1 cm³/mol. The molecule has 3 N–H and O–H groups in total. The number of carboxylic acid groups (broad SMARTS) is 1. The summed E-state index contributed by atoms with van der Waals surface area (Å²) in [4.78, 5) is 10.8. The Bertz CT molecular complexity index is 415. The molecule has 0 radical (unpaired) electrons. The predicted octanol–water partition coefficient (Wildman–Crippen LogP) is 1.89.